The summed E-state index contributed by atoms with van der Waals surface area (Å²) in [6.07, 6.45) is -0.446. The van der Waals surface area contributed by atoms with Gasteiger partial charge in [-0.1, -0.05) is 23.7 Å². The number of nitrogens with one attached hydrogen (secondary N) is 2. The van der Waals surface area contributed by atoms with Crippen molar-refractivity contribution in [3.8, 4) is 0 Å². The van der Waals surface area contributed by atoms with E-state index in [0.29, 0.717) is 4.88 Å². The van der Waals surface area contributed by atoms with E-state index in [9.17, 15) is 18.8 Å². The normalized spacial score (nSPS) is 12.9. The molecule has 0 aliphatic heterocycles. The van der Waals surface area contributed by atoms with Crippen molar-refractivity contribution < 1.29 is 23.9 Å². The number of thiophene rings is 1. The van der Waals surface area contributed by atoms with Gasteiger partial charge in [-0.2, -0.15) is 0 Å². The second-order valence-corrected chi connectivity index (χ2v) is 6.86. The third-order valence-electron chi connectivity index (χ3n) is 3.53. The van der Waals surface area contributed by atoms with Gasteiger partial charge in [0.25, 0.3) is 5.91 Å². The van der Waals surface area contributed by atoms with Gasteiger partial charge in [0, 0.05) is 0 Å². The zero-order valence-electron chi connectivity index (χ0n) is 13.7. The van der Waals surface area contributed by atoms with Gasteiger partial charge in [0.15, 0.2) is 0 Å². The fraction of sp³-hybridized carbons (Fsp3) is 0.235. The summed E-state index contributed by atoms with van der Waals surface area (Å²) in [5, 5.41) is 15.7. The van der Waals surface area contributed by atoms with E-state index < -0.39 is 42.1 Å². The van der Waals surface area contributed by atoms with Gasteiger partial charge in [-0.3, -0.25) is 14.4 Å². The van der Waals surface area contributed by atoms with E-state index in [2.05, 4.69) is 10.6 Å². The Labute approximate surface area is 158 Å². The van der Waals surface area contributed by atoms with Gasteiger partial charge in [-0.25, -0.2) is 4.39 Å². The maximum absolute atomic E-state index is 13.7. The first-order valence-corrected chi connectivity index (χ1v) is 8.85. The molecule has 0 saturated carbocycles. The Kier molecular flexibility index (Phi) is 6.70. The maximum Gasteiger partial charge on any atom is 0.305 e. The van der Waals surface area contributed by atoms with Crippen LogP contribution >= 0.6 is 22.9 Å². The minimum atomic E-state index is -1.17. The highest BCUT2D eigenvalue weighted by molar-refractivity contribution is 7.12. The van der Waals surface area contributed by atoms with E-state index in [1.54, 1.807) is 17.5 Å². The molecule has 2 atom stereocenters. The number of rotatable bonds is 7. The quantitative estimate of drug-likeness (QED) is 0.668. The topological polar surface area (TPSA) is 95.5 Å². The van der Waals surface area contributed by atoms with Crippen molar-refractivity contribution >= 4 is 40.7 Å². The molecule has 26 heavy (non-hydrogen) atoms. The minimum absolute atomic E-state index is 0.106. The van der Waals surface area contributed by atoms with Crippen molar-refractivity contribution in [2.24, 2.45) is 0 Å². The van der Waals surface area contributed by atoms with E-state index in [4.69, 9.17) is 16.7 Å². The second kappa shape index (κ2) is 8.77. The predicted octanol–water partition coefficient (Wildman–Crippen LogP) is 2.99. The summed E-state index contributed by atoms with van der Waals surface area (Å²) in [7, 11) is 0. The third kappa shape index (κ3) is 5.27. The largest absolute Gasteiger partial charge is 0.481 e. The Morgan fingerprint density at radius 3 is 2.58 bits per heavy atom. The van der Waals surface area contributed by atoms with Crippen molar-refractivity contribution in [1.29, 1.82) is 0 Å². The number of benzene rings is 1. The van der Waals surface area contributed by atoms with E-state index in [-0.39, 0.29) is 10.6 Å². The Balaban J connectivity index is 2.08. The van der Waals surface area contributed by atoms with Gasteiger partial charge in [0.2, 0.25) is 5.91 Å². The van der Waals surface area contributed by atoms with Gasteiger partial charge in [-0.15, -0.1) is 11.3 Å². The van der Waals surface area contributed by atoms with Crippen molar-refractivity contribution in [1.82, 2.24) is 10.6 Å². The number of carbonyl (C=O) groups is 3. The van der Waals surface area contributed by atoms with Crippen LogP contribution in [-0.4, -0.2) is 28.9 Å². The average Bonchev–Trinajstić information content (AvgIpc) is 3.10. The number of hydrogen-bond acceptors (Lipinski definition) is 4. The molecular formula is C17H16ClFN2O4S. The third-order valence-corrected chi connectivity index (χ3v) is 4.70. The molecule has 9 heteroatoms. The Bertz CT molecular complexity index is 813. The van der Waals surface area contributed by atoms with Gasteiger partial charge in [0.1, 0.15) is 11.9 Å². The lowest BCUT2D eigenvalue weighted by Gasteiger charge is -2.21. The SMILES string of the molecule is CC(NC(=O)c1cccs1)C(=O)NC(CC(=O)O)c1ccc(Cl)c(F)c1. The van der Waals surface area contributed by atoms with Gasteiger partial charge in [0.05, 0.1) is 22.4 Å². The van der Waals surface area contributed by atoms with Gasteiger partial charge < -0.3 is 15.7 Å². The predicted molar refractivity (Wildman–Crippen MR) is 95.8 cm³/mol. The molecule has 0 aliphatic carbocycles. The fourth-order valence-electron chi connectivity index (χ4n) is 2.19. The van der Waals surface area contributed by atoms with Crippen LogP contribution in [0.1, 0.15) is 34.6 Å². The Morgan fingerprint density at radius 1 is 1.27 bits per heavy atom. The second-order valence-electron chi connectivity index (χ2n) is 5.51. The zero-order valence-corrected chi connectivity index (χ0v) is 15.2. The highest BCUT2D eigenvalue weighted by atomic mass is 35.5. The highest BCUT2D eigenvalue weighted by Crippen LogP contribution is 2.22. The molecule has 6 nitrogen and oxygen atoms in total. The van der Waals surface area contributed by atoms with Crippen molar-refractivity contribution in [2.45, 2.75) is 25.4 Å². The molecule has 2 aromatic rings. The molecule has 138 valence electrons. The number of hydrogen-bond donors (Lipinski definition) is 3. The standard InChI is InChI=1S/C17H16ClFN2O4S/c1-9(20-17(25)14-3-2-6-26-14)16(24)21-13(8-15(22)23)10-4-5-11(18)12(19)7-10/h2-7,9,13H,8H2,1H3,(H,20,25)(H,21,24)(H,22,23). The minimum Gasteiger partial charge on any atom is -0.481 e. The van der Waals surface area contributed by atoms with Crippen LogP contribution in [0.5, 0.6) is 0 Å². The van der Waals surface area contributed by atoms with E-state index in [1.165, 1.54) is 30.4 Å². The number of carboxylic acids is 1. The van der Waals surface area contributed by atoms with Crippen molar-refractivity contribution in [3.63, 3.8) is 0 Å². The summed E-state index contributed by atoms with van der Waals surface area (Å²) in [4.78, 5) is 35.9. The van der Waals surface area contributed by atoms with E-state index in [0.717, 1.165) is 6.07 Å². The van der Waals surface area contributed by atoms with E-state index >= 15 is 0 Å². The molecule has 1 heterocycles. The number of carboxylic acid groups (broad SMARTS) is 1. The summed E-state index contributed by atoms with van der Waals surface area (Å²) in [6.45, 7) is 1.47. The monoisotopic (exact) mass is 398 g/mol. The molecule has 2 amide bonds. The molecule has 0 bridgehead atoms. The molecule has 2 unspecified atom stereocenters. The van der Waals surface area contributed by atoms with Gasteiger partial charge >= 0.3 is 5.97 Å². The Morgan fingerprint density at radius 2 is 2.00 bits per heavy atom. The van der Waals surface area contributed by atoms with E-state index in [1.807, 2.05) is 0 Å². The lowest BCUT2D eigenvalue weighted by Crippen LogP contribution is -2.46. The lowest BCUT2D eigenvalue weighted by atomic mass is 10.0. The van der Waals surface area contributed by atoms with Gasteiger partial charge in [-0.05, 0) is 36.1 Å². The van der Waals surface area contributed by atoms with Crippen molar-refractivity contribution in [3.05, 3.63) is 57.0 Å². The van der Waals surface area contributed by atoms with Crippen LogP contribution in [0.3, 0.4) is 0 Å². The summed E-state index contributed by atoms with van der Waals surface area (Å²) in [5.41, 5.74) is 0.263. The zero-order chi connectivity index (χ0) is 19.3. The number of amides is 2. The number of aliphatic carboxylic acids is 1. The first kappa shape index (κ1) is 19.9. The molecule has 1 aromatic heterocycles. The summed E-state index contributed by atoms with van der Waals surface area (Å²) in [6, 6.07) is 5.26. The molecular weight excluding hydrogens is 383 g/mol. The smallest absolute Gasteiger partial charge is 0.305 e. The van der Waals surface area contributed by atoms with Crippen LogP contribution in [0.2, 0.25) is 5.02 Å². The lowest BCUT2D eigenvalue weighted by molar-refractivity contribution is -0.137. The average molecular weight is 399 g/mol. The number of carbonyl (C=O) groups excluding carboxylic acids is 2. The summed E-state index contributed by atoms with van der Waals surface area (Å²) >= 11 is 6.86. The first-order chi connectivity index (χ1) is 12.3. The summed E-state index contributed by atoms with van der Waals surface area (Å²) in [5.74, 6) is -2.87. The van der Waals surface area contributed by atoms with Crippen LogP contribution in [0.15, 0.2) is 35.7 Å². The van der Waals surface area contributed by atoms with Crippen LogP contribution < -0.4 is 10.6 Å². The molecule has 0 aliphatic rings. The molecule has 0 spiro atoms. The fourth-order valence-corrected chi connectivity index (χ4v) is 2.94. The first-order valence-electron chi connectivity index (χ1n) is 7.59. The maximum atomic E-state index is 13.7. The van der Waals surface area contributed by atoms with Crippen molar-refractivity contribution in [2.75, 3.05) is 0 Å². The Hall–Kier alpha value is -2.45. The highest BCUT2D eigenvalue weighted by Gasteiger charge is 2.23. The van der Waals surface area contributed by atoms with Crippen LogP contribution in [-0.2, 0) is 9.59 Å². The summed E-state index contributed by atoms with van der Waals surface area (Å²) < 4.78 is 13.7. The van der Waals surface area contributed by atoms with Crippen LogP contribution in [0.4, 0.5) is 4.39 Å². The molecule has 2 rings (SSSR count). The molecule has 0 saturated heterocycles. The number of halogens is 2. The van der Waals surface area contributed by atoms with Crippen LogP contribution in [0.25, 0.3) is 0 Å². The van der Waals surface area contributed by atoms with Crippen LogP contribution in [0, 0.1) is 5.82 Å². The molecule has 1 aromatic carbocycles. The molecule has 3 N–H and O–H groups in total. The molecule has 0 fully saturated rings. The molecule has 0 radical (unpaired) electrons.